The van der Waals surface area contributed by atoms with E-state index < -0.39 is 28.2 Å². The van der Waals surface area contributed by atoms with Gasteiger partial charge >= 0.3 is 12.1 Å². The Kier molecular flexibility index (Phi) is 6.07. The van der Waals surface area contributed by atoms with E-state index in [0.717, 1.165) is 5.56 Å². The van der Waals surface area contributed by atoms with Crippen molar-refractivity contribution in [2.24, 2.45) is 0 Å². The quantitative estimate of drug-likeness (QED) is 0.791. The number of nitrogens with zero attached hydrogens (tertiary/aromatic N) is 1. The van der Waals surface area contributed by atoms with Crippen molar-refractivity contribution in [3.63, 3.8) is 0 Å². The molecule has 6 nitrogen and oxygen atoms in total. The van der Waals surface area contributed by atoms with E-state index in [4.69, 9.17) is 0 Å². The third-order valence-corrected chi connectivity index (χ3v) is 5.59. The van der Waals surface area contributed by atoms with Gasteiger partial charge in [0.1, 0.15) is 0 Å². The summed E-state index contributed by atoms with van der Waals surface area (Å²) in [6.07, 6.45) is -4.14. The average molecular weight is 380 g/mol. The van der Waals surface area contributed by atoms with Gasteiger partial charge in [-0.1, -0.05) is 19.1 Å². The number of carbonyl (C=O) groups excluding carboxylic acids is 1. The van der Waals surface area contributed by atoms with Crippen LogP contribution in [0.5, 0.6) is 0 Å². The van der Waals surface area contributed by atoms with Crippen molar-refractivity contribution in [2.75, 3.05) is 13.1 Å². The highest BCUT2D eigenvalue weighted by Gasteiger charge is 2.46. The third-order valence-electron chi connectivity index (χ3n) is 3.88. The van der Waals surface area contributed by atoms with Gasteiger partial charge in [-0.05, 0) is 54.5 Å². The summed E-state index contributed by atoms with van der Waals surface area (Å²) in [4.78, 5) is 15.3. The van der Waals surface area contributed by atoms with Gasteiger partial charge in [0.05, 0.1) is 10.9 Å². The molecule has 10 heteroatoms. The number of halogens is 3. The number of carbonyl (C=O) groups is 1. The minimum absolute atomic E-state index is 0.213. The molecule has 0 atom stereocenters. The number of rotatable bonds is 5. The summed E-state index contributed by atoms with van der Waals surface area (Å²) in [5.41, 5.74) is 0.875. The van der Waals surface area contributed by atoms with Crippen LogP contribution in [0, 0.1) is 0 Å². The molecule has 0 bridgehead atoms. The van der Waals surface area contributed by atoms with Crippen molar-refractivity contribution in [3.05, 3.63) is 29.8 Å². The number of hydrogen-bond acceptors (Lipinski definition) is 5. The predicted molar refractivity (Wildman–Crippen MR) is 82.9 cm³/mol. The molecule has 25 heavy (non-hydrogen) atoms. The molecule has 1 heterocycles. The van der Waals surface area contributed by atoms with Gasteiger partial charge in [0.2, 0.25) is 0 Å². The zero-order chi connectivity index (χ0) is 18.7. The fourth-order valence-electron chi connectivity index (χ4n) is 2.47. The minimum Gasteiger partial charge on any atom is -0.345 e. The lowest BCUT2D eigenvalue weighted by Crippen LogP contribution is -2.48. The van der Waals surface area contributed by atoms with Gasteiger partial charge in [-0.25, -0.2) is 13.2 Å². The Balaban J connectivity index is 2.35. The summed E-state index contributed by atoms with van der Waals surface area (Å²) in [6, 6.07) is 4.87. The number of alkyl halides is 3. The average Bonchev–Trinajstić information content (AvgIpc) is 2.59. The molecule has 1 N–H and O–H groups in total. The molecule has 0 amide bonds. The maximum absolute atomic E-state index is 12.8. The summed E-state index contributed by atoms with van der Waals surface area (Å²) in [6.45, 7) is 2.71. The van der Waals surface area contributed by atoms with Crippen LogP contribution in [0.25, 0.3) is 0 Å². The van der Waals surface area contributed by atoms with Gasteiger partial charge in [-0.3, -0.25) is 0 Å². The molecule has 1 fully saturated rings. The first-order valence-corrected chi connectivity index (χ1v) is 9.23. The van der Waals surface area contributed by atoms with E-state index in [1.165, 1.54) is 12.1 Å². The zero-order valence-electron chi connectivity index (χ0n) is 13.5. The van der Waals surface area contributed by atoms with Crippen LogP contribution in [0.15, 0.2) is 29.2 Å². The van der Waals surface area contributed by atoms with Crippen LogP contribution in [0.2, 0.25) is 0 Å². The van der Waals surface area contributed by atoms with E-state index >= 15 is 0 Å². The smallest absolute Gasteiger partial charge is 0.345 e. The van der Waals surface area contributed by atoms with Crippen molar-refractivity contribution in [1.82, 2.24) is 9.79 Å². The molecule has 0 aliphatic carbocycles. The first-order chi connectivity index (χ1) is 11.7. The number of sulfonamides is 1. The Bertz CT molecular complexity index is 698. The van der Waals surface area contributed by atoms with Crippen molar-refractivity contribution in [2.45, 2.75) is 43.3 Å². The molecule has 2 rings (SSSR count). The molecule has 0 unspecified atom stereocenters. The number of hydrogen-bond donors (Lipinski definition) is 1. The molecular formula is C15H19F3N2O4S. The lowest BCUT2D eigenvalue weighted by Gasteiger charge is -2.31. The lowest BCUT2D eigenvalue weighted by molar-refractivity contribution is -0.227. The van der Waals surface area contributed by atoms with Gasteiger partial charge in [-0.2, -0.15) is 13.2 Å². The SMILES string of the molecule is CCc1ccc(S(=O)(=O)N(OC(=O)C(F)(F)F)C2CCNCC2)cc1. The molecule has 1 aliphatic rings. The normalized spacial score (nSPS) is 16.8. The van der Waals surface area contributed by atoms with E-state index in [0.29, 0.717) is 19.5 Å². The van der Waals surface area contributed by atoms with Crippen molar-refractivity contribution in [1.29, 1.82) is 0 Å². The van der Waals surface area contributed by atoms with Crippen LogP contribution in [0.1, 0.15) is 25.3 Å². The maximum atomic E-state index is 12.8. The van der Waals surface area contributed by atoms with E-state index in [-0.39, 0.29) is 22.2 Å². The Labute approximate surface area is 144 Å². The molecule has 0 saturated carbocycles. The second-order valence-corrected chi connectivity index (χ2v) is 7.40. The molecule has 1 aliphatic heterocycles. The molecule has 1 aromatic carbocycles. The van der Waals surface area contributed by atoms with E-state index in [1.807, 2.05) is 6.92 Å². The number of nitrogens with one attached hydrogen (secondary N) is 1. The summed E-state index contributed by atoms with van der Waals surface area (Å²) in [5, 5.41) is 2.98. The van der Waals surface area contributed by atoms with Crippen molar-refractivity contribution in [3.8, 4) is 0 Å². The number of aryl methyl sites for hydroxylation is 1. The summed E-state index contributed by atoms with van der Waals surface area (Å²) in [7, 11) is -4.42. The van der Waals surface area contributed by atoms with Crippen LogP contribution in [-0.4, -0.2) is 44.2 Å². The predicted octanol–water partition coefficient (Wildman–Crippen LogP) is 2.01. The largest absolute Gasteiger partial charge is 0.492 e. The second kappa shape index (κ2) is 7.71. The number of hydroxylamine groups is 1. The monoisotopic (exact) mass is 380 g/mol. The van der Waals surface area contributed by atoms with Gasteiger partial charge in [0, 0.05) is 0 Å². The Morgan fingerprint density at radius 1 is 1.24 bits per heavy atom. The first kappa shape index (κ1) is 19.7. The van der Waals surface area contributed by atoms with Crippen LogP contribution >= 0.6 is 0 Å². The van der Waals surface area contributed by atoms with E-state index in [9.17, 15) is 26.4 Å². The molecule has 0 spiro atoms. The Morgan fingerprint density at radius 2 is 1.80 bits per heavy atom. The molecule has 1 saturated heterocycles. The molecule has 0 aromatic heterocycles. The Morgan fingerprint density at radius 3 is 2.28 bits per heavy atom. The fraction of sp³-hybridized carbons (Fsp3) is 0.533. The van der Waals surface area contributed by atoms with Crippen molar-refractivity contribution >= 4 is 16.0 Å². The van der Waals surface area contributed by atoms with E-state index in [2.05, 4.69) is 10.2 Å². The highest BCUT2D eigenvalue weighted by atomic mass is 32.2. The molecule has 1 aromatic rings. The zero-order valence-corrected chi connectivity index (χ0v) is 14.4. The number of piperidine rings is 1. The van der Waals surface area contributed by atoms with Gasteiger partial charge in [0.15, 0.2) is 0 Å². The van der Waals surface area contributed by atoms with Crippen LogP contribution in [0.3, 0.4) is 0 Å². The van der Waals surface area contributed by atoms with Gasteiger partial charge in [0.25, 0.3) is 10.0 Å². The second-order valence-electron chi connectivity index (χ2n) is 5.62. The Hall–Kier alpha value is -1.65. The highest BCUT2D eigenvalue weighted by molar-refractivity contribution is 7.89. The topological polar surface area (TPSA) is 75.7 Å². The lowest BCUT2D eigenvalue weighted by atomic mass is 10.1. The summed E-state index contributed by atoms with van der Waals surface area (Å²) >= 11 is 0. The molecular weight excluding hydrogens is 361 g/mol. The summed E-state index contributed by atoms with van der Waals surface area (Å²) < 4.78 is 63.4. The number of benzene rings is 1. The highest BCUT2D eigenvalue weighted by Crippen LogP contribution is 2.26. The van der Waals surface area contributed by atoms with Gasteiger partial charge in [-0.15, -0.1) is 0 Å². The standard InChI is InChI=1S/C15H19F3N2O4S/c1-2-11-3-5-13(6-4-11)25(22,23)20(12-7-9-19-10-8-12)24-14(21)15(16,17)18/h3-6,12,19H,2,7-10H2,1H3. The molecule has 140 valence electrons. The van der Waals surface area contributed by atoms with Crippen LogP contribution in [-0.2, 0) is 26.1 Å². The third kappa shape index (κ3) is 4.71. The van der Waals surface area contributed by atoms with Gasteiger partial charge < -0.3 is 10.2 Å². The van der Waals surface area contributed by atoms with E-state index in [1.54, 1.807) is 12.1 Å². The molecule has 0 radical (unpaired) electrons. The maximum Gasteiger partial charge on any atom is 0.492 e. The summed E-state index contributed by atoms with van der Waals surface area (Å²) in [5.74, 6) is -2.56. The first-order valence-electron chi connectivity index (χ1n) is 7.79. The van der Waals surface area contributed by atoms with Crippen molar-refractivity contribution < 1.29 is 31.2 Å². The minimum atomic E-state index is -5.28. The van der Waals surface area contributed by atoms with Crippen LogP contribution < -0.4 is 5.32 Å². The fourth-order valence-corrected chi connectivity index (χ4v) is 3.93. The van der Waals surface area contributed by atoms with Crippen LogP contribution in [0.4, 0.5) is 13.2 Å².